The molecular formula is C22H17ClN2O2. The van der Waals surface area contributed by atoms with Crippen LogP contribution in [0.4, 0.5) is 5.69 Å². The van der Waals surface area contributed by atoms with E-state index in [1.54, 1.807) is 12.1 Å². The fraction of sp³-hybridized carbons (Fsp3) is 0.0909. The number of hydrogen-bond acceptors (Lipinski definition) is 3. The molecule has 0 spiro atoms. The van der Waals surface area contributed by atoms with E-state index in [1.807, 2.05) is 62.4 Å². The predicted octanol–water partition coefficient (Wildman–Crippen LogP) is 6.02. The highest BCUT2D eigenvalue weighted by Gasteiger charge is 2.15. The van der Waals surface area contributed by atoms with E-state index < -0.39 is 0 Å². The Hall–Kier alpha value is -3.11. The number of nitrogens with one attached hydrogen (secondary N) is 1. The van der Waals surface area contributed by atoms with Crippen molar-refractivity contribution < 1.29 is 9.21 Å². The van der Waals surface area contributed by atoms with Crippen LogP contribution in [-0.2, 0) is 0 Å². The molecule has 0 bridgehead atoms. The summed E-state index contributed by atoms with van der Waals surface area (Å²) in [4.78, 5) is 17.2. The van der Waals surface area contributed by atoms with Gasteiger partial charge < -0.3 is 9.73 Å². The van der Waals surface area contributed by atoms with Crippen LogP contribution in [0.25, 0.3) is 22.6 Å². The van der Waals surface area contributed by atoms with Gasteiger partial charge in [0.15, 0.2) is 5.58 Å². The number of para-hydroxylation sites is 2. The number of rotatable bonds is 3. The van der Waals surface area contributed by atoms with Crippen molar-refractivity contribution in [3.8, 4) is 11.5 Å². The molecule has 4 nitrogen and oxygen atoms in total. The molecule has 0 unspecified atom stereocenters. The fourth-order valence-electron chi connectivity index (χ4n) is 2.92. The maximum Gasteiger partial charge on any atom is 0.255 e. The summed E-state index contributed by atoms with van der Waals surface area (Å²) in [5.41, 5.74) is 5.41. The zero-order valence-corrected chi connectivity index (χ0v) is 15.7. The first-order valence-electron chi connectivity index (χ1n) is 8.56. The van der Waals surface area contributed by atoms with Gasteiger partial charge >= 0.3 is 0 Å². The average Bonchev–Trinajstić information content (AvgIpc) is 3.09. The highest BCUT2D eigenvalue weighted by Crippen LogP contribution is 2.30. The monoisotopic (exact) mass is 376 g/mol. The Morgan fingerprint density at radius 1 is 1.04 bits per heavy atom. The molecule has 4 aromatic rings. The normalized spacial score (nSPS) is 10.9. The quantitative estimate of drug-likeness (QED) is 0.475. The topological polar surface area (TPSA) is 55.1 Å². The van der Waals surface area contributed by atoms with Gasteiger partial charge in [-0.2, -0.15) is 0 Å². The lowest BCUT2D eigenvalue weighted by atomic mass is 10.1. The Bertz CT molecular complexity index is 1130. The standard InChI is InChI=1S/C22H17ClN2O2/c1-13-10-11-15(12-17(13)23)21(26)24-18-8-5-6-16(14(18)2)22-25-19-7-3-4-9-20(19)27-22/h3-12H,1-2H3,(H,24,26). The number of anilines is 1. The molecule has 0 aliphatic rings. The Kier molecular flexibility index (Phi) is 4.42. The van der Waals surface area contributed by atoms with Gasteiger partial charge in [0.25, 0.3) is 5.91 Å². The molecule has 134 valence electrons. The van der Waals surface area contributed by atoms with E-state index in [9.17, 15) is 4.79 Å². The molecule has 1 heterocycles. The maximum atomic E-state index is 12.6. The van der Waals surface area contributed by atoms with Crippen LogP contribution in [0.2, 0.25) is 5.02 Å². The summed E-state index contributed by atoms with van der Waals surface area (Å²) in [6, 6.07) is 18.5. The summed E-state index contributed by atoms with van der Waals surface area (Å²) < 4.78 is 5.87. The first-order chi connectivity index (χ1) is 13.0. The minimum atomic E-state index is -0.213. The predicted molar refractivity (Wildman–Crippen MR) is 108 cm³/mol. The number of halogens is 1. The number of carbonyl (C=O) groups excluding carboxylic acids is 1. The van der Waals surface area contributed by atoms with E-state index in [1.165, 1.54) is 0 Å². The third-order valence-electron chi connectivity index (χ3n) is 4.54. The van der Waals surface area contributed by atoms with Crippen LogP contribution in [-0.4, -0.2) is 10.9 Å². The van der Waals surface area contributed by atoms with Crippen molar-refractivity contribution in [3.05, 3.63) is 82.4 Å². The molecule has 4 rings (SSSR count). The average molecular weight is 377 g/mol. The van der Waals surface area contributed by atoms with Gasteiger partial charge in [-0.1, -0.05) is 35.9 Å². The number of nitrogens with zero attached hydrogens (tertiary/aromatic N) is 1. The van der Waals surface area contributed by atoms with Crippen molar-refractivity contribution in [2.45, 2.75) is 13.8 Å². The molecular weight excluding hydrogens is 360 g/mol. The van der Waals surface area contributed by atoms with Crippen molar-refractivity contribution in [1.29, 1.82) is 0 Å². The molecule has 0 saturated heterocycles. The zero-order valence-electron chi connectivity index (χ0n) is 14.9. The minimum Gasteiger partial charge on any atom is -0.436 e. The lowest BCUT2D eigenvalue weighted by molar-refractivity contribution is 0.102. The van der Waals surface area contributed by atoms with E-state index >= 15 is 0 Å². The number of benzene rings is 3. The van der Waals surface area contributed by atoms with Gasteiger partial charge in [-0.3, -0.25) is 4.79 Å². The fourth-order valence-corrected chi connectivity index (χ4v) is 3.10. The molecule has 27 heavy (non-hydrogen) atoms. The summed E-state index contributed by atoms with van der Waals surface area (Å²) in [5.74, 6) is 0.317. The van der Waals surface area contributed by atoms with Crippen molar-refractivity contribution in [2.75, 3.05) is 5.32 Å². The SMILES string of the molecule is Cc1ccc(C(=O)Nc2cccc(-c3nc4ccccc4o3)c2C)cc1Cl. The van der Waals surface area contributed by atoms with E-state index in [0.29, 0.717) is 22.2 Å². The molecule has 0 fully saturated rings. The smallest absolute Gasteiger partial charge is 0.255 e. The van der Waals surface area contributed by atoms with Crippen LogP contribution in [0.15, 0.2) is 65.1 Å². The van der Waals surface area contributed by atoms with Gasteiger partial charge in [0.2, 0.25) is 5.89 Å². The van der Waals surface area contributed by atoms with Crippen molar-refractivity contribution in [3.63, 3.8) is 0 Å². The van der Waals surface area contributed by atoms with Crippen LogP contribution >= 0.6 is 11.6 Å². The Balaban J connectivity index is 1.67. The first-order valence-corrected chi connectivity index (χ1v) is 8.94. The van der Waals surface area contributed by atoms with Crippen molar-refractivity contribution in [1.82, 2.24) is 4.98 Å². The minimum absolute atomic E-state index is 0.213. The summed E-state index contributed by atoms with van der Waals surface area (Å²) in [6.07, 6.45) is 0. The zero-order chi connectivity index (χ0) is 19.0. The van der Waals surface area contributed by atoms with Gasteiger partial charge in [0.1, 0.15) is 5.52 Å². The van der Waals surface area contributed by atoms with E-state index in [2.05, 4.69) is 10.3 Å². The molecule has 1 aromatic heterocycles. The van der Waals surface area contributed by atoms with Gasteiger partial charge in [-0.25, -0.2) is 4.98 Å². The van der Waals surface area contributed by atoms with E-state index in [-0.39, 0.29) is 5.91 Å². The molecule has 0 atom stereocenters. The van der Waals surface area contributed by atoms with Crippen LogP contribution in [0.1, 0.15) is 21.5 Å². The summed E-state index contributed by atoms with van der Waals surface area (Å²) in [5, 5.41) is 3.52. The number of carbonyl (C=O) groups is 1. The lowest BCUT2D eigenvalue weighted by Crippen LogP contribution is -2.13. The molecule has 0 saturated carbocycles. The number of hydrogen-bond donors (Lipinski definition) is 1. The van der Waals surface area contributed by atoms with Crippen LogP contribution in [0, 0.1) is 13.8 Å². The third-order valence-corrected chi connectivity index (χ3v) is 4.95. The molecule has 3 aromatic carbocycles. The van der Waals surface area contributed by atoms with Gasteiger partial charge in [-0.15, -0.1) is 0 Å². The second kappa shape index (κ2) is 6.89. The summed E-state index contributed by atoms with van der Waals surface area (Å²) in [6.45, 7) is 3.83. The molecule has 0 radical (unpaired) electrons. The Labute approximate surface area is 161 Å². The Morgan fingerprint density at radius 2 is 1.85 bits per heavy atom. The second-order valence-corrected chi connectivity index (χ2v) is 6.79. The lowest BCUT2D eigenvalue weighted by Gasteiger charge is -2.11. The van der Waals surface area contributed by atoms with Crippen molar-refractivity contribution in [2.24, 2.45) is 0 Å². The highest BCUT2D eigenvalue weighted by molar-refractivity contribution is 6.31. The highest BCUT2D eigenvalue weighted by atomic mass is 35.5. The van der Waals surface area contributed by atoms with Gasteiger partial charge in [-0.05, 0) is 61.4 Å². The first kappa shape index (κ1) is 17.3. The molecule has 1 N–H and O–H groups in total. The molecule has 1 amide bonds. The number of aromatic nitrogens is 1. The summed E-state index contributed by atoms with van der Waals surface area (Å²) >= 11 is 6.14. The number of oxazole rings is 1. The molecule has 5 heteroatoms. The van der Waals surface area contributed by atoms with E-state index in [0.717, 1.165) is 27.8 Å². The summed E-state index contributed by atoms with van der Waals surface area (Å²) in [7, 11) is 0. The van der Waals surface area contributed by atoms with Gasteiger partial charge in [0, 0.05) is 21.8 Å². The third kappa shape index (κ3) is 3.32. The largest absolute Gasteiger partial charge is 0.436 e. The second-order valence-electron chi connectivity index (χ2n) is 6.38. The number of fused-ring (bicyclic) bond motifs is 1. The molecule has 0 aliphatic heterocycles. The van der Waals surface area contributed by atoms with Crippen LogP contribution in [0.5, 0.6) is 0 Å². The Morgan fingerprint density at radius 3 is 2.63 bits per heavy atom. The van der Waals surface area contributed by atoms with Crippen molar-refractivity contribution >= 4 is 34.3 Å². The number of aryl methyl sites for hydroxylation is 1. The van der Waals surface area contributed by atoms with Crippen LogP contribution < -0.4 is 5.32 Å². The molecule has 0 aliphatic carbocycles. The van der Waals surface area contributed by atoms with Crippen LogP contribution in [0.3, 0.4) is 0 Å². The number of amides is 1. The maximum absolute atomic E-state index is 12.6. The van der Waals surface area contributed by atoms with Gasteiger partial charge in [0.05, 0.1) is 0 Å². The van der Waals surface area contributed by atoms with E-state index in [4.69, 9.17) is 16.0 Å².